The maximum Gasteiger partial charge on any atom is 0.405 e. The Labute approximate surface area is 131 Å². The van der Waals surface area contributed by atoms with E-state index in [2.05, 4.69) is 4.98 Å². The molecule has 1 saturated heterocycles. The van der Waals surface area contributed by atoms with Crippen LogP contribution in [0.3, 0.4) is 0 Å². The summed E-state index contributed by atoms with van der Waals surface area (Å²) in [5.41, 5.74) is -1.26. The summed E-state index contributed by atoms with van der Waals surface area (Å²) in [7, 11) is 0. The van der Waals surface area contributed by atoms with Gasteiger partial charge in [0.15, 0.2) is 0 Å². The van der Waals surface area contributed by atoms with E-state index in [-0.39, 0.29) is 18.9 Å². The van der Waals surface area contributed by atoms with Crippen LogP contribution in [0.25, 0.3) is 0 Å². The summed E-state index contributed by atoms with van der Waals surface area (Å²) in [4.78, 5) is 29.9. The fraction of sp³-hybridized carbons (Fsp3) is 0.643. The van der Waals surface area contributed by atoms with Gasteiger partial charge in [0.2, 0.25) is 11.8 Å². The third-order valence-corrected chi connectivity index (χ3v) is 4.00. The van der Waals surface area contributed by atoms with Gasteiger partial charge >= 0.3 is 6.18 Å². The van der Waals surface area contributed by atoms with Crippen LogP contribution < -0.4 is 5.32 Å². The molecule has 1 unspecified atom stereocenters. The summed E-state index contributed by atoms with van der Waals surface area (Å²) in [6.45, 7) is 0.846. The predicted octanol–water partition coefficient (Wildman–Crippen LogP) is 1.29. The van der Waals surface area contributed by atoms with Crippen molar-refractivity contribution in [3.8, 4) is 0 Å². The van der Waals surface area contributed by atoms with Gasteiger partial charge in [-0.1, -0.05) is 6.92 Å². The zero-order valence-electron chi connectivity index (χ0n) is 12.8. The molecule has 2 amide bonds. The second-order valence-electron chi connectivity index (χ2n) is 5.57. The molecule has 9 heteroatoms. The zero-order valence-corrected chi connectivity index (χ0v) is 12.8. The monoisotopic (exact) mass is 332 g/mol. The molecule has 2 rings (SSSR count). The molecule has 2 heterocycles. The highest BCUT2D eigenvalue weighted by Gasteiger charge is 2.45. The summed E-state index contributed by atoms with van der Waals surface area (Å²) < 4.78 is 38.7. The van der Waals surface area contributed by atoms with Crippen LogP contribution in [0.4, 0.5) is 13.2 Å². The minimum Gasteiger partial charge on any atom is -0.345 e. The second kappa shape index (κ2) is 6.59. The first kappa shape index (κ1) is 17.3. The molecule has 0 aromatic carbocycles. The molecule has 1 fully saturated rings. The molecular weight excluding hydrogens is 313 g/mol. The van der Waals surface area contributed by atoms with Crippen LogP contribution in [0.1, 0.15) is 26.2 Å². The Kier molecular flexibility index (Phi) is 4.96. The largest absolute Gasteiger partial charge is 0.405 e. The number of imidazole rings is 1. The number of alkyl halides is 3. The van der Waals surface area contributed by atoms with Crippen LogP contribution in [0.2, 0.25) is 0 Å². The first-order chi connectivity index (χ1) is 10.8. The van der Waals surface area contributed by atoms with Gasteiger partial charge in [-0.05, 0) is 12.8 Å². The van der Waals surface area contributed by atoms with Crippen molar-refractivity contribution in [2.24, 2.45) is 0 Å². The minimum absolute atomic E-state index is 0.0414. The molecule has 128 valence electrons. The third-order valence-electron chi connectivity index (χ3n) is 4.00. The smallest absolute Gasteiger partial charge is 0.345 e. The van der Waals surface area contributed by atoms with E-state index in [9.17, 15) is 22.8 Å². The van der Waals surface area contributed by atoms with Crippen LogP contribution in [-0.4, -0.2) is 52.1 Å². The number of piperidine rings is 1. The van der Waals surface area contributed by atoms with E-state index in [0.717, 1.165) is 0 Å². The van der Waals surface area contributed by atoms with Crippen LogP contribution >= 0.6 is 0 Å². The lowest BCUT2D eigenvalue weighted by atomic mass is 9.87. The average molecular weight is 332 g/mol. The van der Waals surface area contributed by atoms with Crippen molar-refractivity contribution < 1.29 is 22.8 Å². The number of carbonyl (C=O) groups excluding carboxylic acids is 2. The molecule has 1 N–H and O–H groups in total. The number of hydrogen-bond donors (Lipinski definition) is 1. The Bertz CT molecular complexity index is 559. The molecule has 1 aliphatic heterocycles. The van der Waals surface area contributed by atoms with Gasteiger partial charge in [-0.3, -0.25) is 9.59 Å². The lowest BCUT2D eigenvalue weighted by Crippen LogP contribution is -2.59. The van der Waals surface area contributed by atoms with E-state index in [0.29, 0.717) is 19.4 Å². The average Bonchev–Trinajstić information content (AvgIpc) is 3.06. The maximum atomic E-state index is 12.5. The van der Waals surface area contributed by atoms with E-state index < -0.39 is 24.2 Å². The van der Waals surface area contributed by atoms with Gasteiger partial charge < -0.3 is 14.8 Å². The molecule has 1 aromatic heterocycles. The molecule has 6 nitrogen and oxygen atoms in total. The maximum absolute atomic E-state index is 12.5. The van der Waals surface area contributed by atoms with E-state index in [1.54, 1.807) is 6.92 Å². The first-order valence-electron chi connectivity index (χ1n) is 7.40. The Balaban J connectivity index is 2.26. The minimum atomic E-state index is -4.49. The van der Waals surface area contributed by atoms with E-state index in [1.165, 1.54) is 28.2 Å². The topological polar surface area (TPSA) is 67.2 Å². The summed E-state index contributed by atoms with van der Waals surface area (Å²) in [6, 6.07) is 0. The molecular formula is C14H19F3N4O2. The van der Waals surface area contributed by atoms with E-state index >= 15 is 0 Å². The van der Waals surface area contributed by atoms with Gasteiger partial charge in [-0.15, -0.1) is 0 Å². The van der Waals surface area contributed by atoms with Crippen LogP contribution in [-0.2, 0) is 15.1 Å². The molecule has 0 aliphatic carbocycles. The highest BCUT2D eigenvalue weighted by atomic mass is 19.4. The van der Waals surface area contributed by atoms with Crippen molar-refractivity contribution in [1.29, 1.82) is 0 Å². The summed E-state index contributed by atoms with van der Waals surface area (Å²) in [5.74, 6) is -0.876. The number of rotatable bonds is 4. The van der Waals surface area contributed by atoms with Crippen molar-refractivity contribution in [2.45, 2.75) is 37.9 Å². The number of halogens is 3. The van der Waals surface area contributed by atoms with Gasteiger partial charge in [-0.2, -0.15) is 13.2 Å². The quantitative estimate of drug-likeness (QED) is 0.903. The highest BCUT2D eigenvalue weighted by Crippen LogP contribution is 2.30. The van der Waals surface area contributed by atoms with Gasteiger partial charge in [0.1, 0.15) is 12.1 Å². The highest BCUT2D eigenvalue weighted by molar-refractivity contribution is 5.86. The summed E-state index contributed by atoms with van der Waals surface area (Å²) in [6.07, 6.45) is 1.06. The molecule has 0 spiro atoms. The number of amides is 2. The third kappa shape index (κ3) is 3.83. The van der Waals surface area contributed by atoms with Crippen molar-refractivity contribution in [1.82, 2.24) is 19.8 Å². The molecule has 1 aliphatic rings. The predicted molar refractivity (Wildman–Crippen MR) is 75.4 cm³/mol. The van der Waals surface area contributed by atoms with Gasteiger partial charge in [0, 0.05) is 25.4 Å². The Morgan fingerprint density at radius 2 is 2.13 bits per heavy atom. The standard InChI is InChI=1S/C14H19F3N4O2/c1-2-11(22)20-6-3-4-13(9-20,21-7-5-18-10-21)12(23)19-8-14(15,16)17/h5,7,10H,2-4,6,8-9H2,1H3,(H,19,23). The van der Waals surface area contributed by atoms with E-state index in [4.69, 9.17) is 0 Å². The number of likely N-dealkylation sites (tertiary alicyclic amines) is 1. The van der Waals surface area contributed by atoms with Crippen LogP contribution in [0.5, 0.6) is 0 Å². The molecule has 1 aromatic rings. The SMILES string of the molecule is CCC(=O)N1CCCC(C(=O)NCC(F)(F)F)(n2ccnc2)C1. The first-order valence-corrected chi connectivity index (χ1v) is 7.40. The molecule has 0 bridgehead atoms. The van der Waals surface area contributed by atoms with Crippen LogP contribution in [0, 0.1) is 0 Å². The normalized spacial score (nSPS) is 22.0. The number of aromatic nitrogens is 2. The van der Waals surface area contributed by atoms with Crippen molar-refractivity contribution in [3.05, 3.63) is 18.7 Å². The Morgan fingerprint density at radius 3 is 2.70 bits per heavy atom. The molecule has 23 heavy (non-hydrogen) atoms. The second-order valence-corrected chi connectivity index (χ2v) is 5.57. The fourth-order valence-electron chi connectivity index (χ4n) is 2.84. The van der Waals surface area contributed by atoms with Crippen molar-refractivity contribution in [2.75, 3.05) is 19.6 Å². The lowest BCUT2D eigenvalue weighted by molar-refractivity contribution is -0.148. The Hall–Kier alpha value is -2.06. The van der Waals surface area contributed by atoms with Crippen molar-refractivity contribution in [3.63, 3.8) is 0 Å². The van der Waals surface area contributed by atoms with E-state index in [1.807, 2.05) is 5.32 Å². The van der Waals surface area contributed by atoms with Gasteiger partial charge in [0.25, 0.3) is 0 Å². The summed E-state index contributed by atoms with van der Waals surface area (Å²) in [5, 5.41) is 1.95. The number of nitrogens with zero attached hydrogens (tertiary/aromatic N) is 3. The summed E-state index contributed by atoms with van der Waals surface area (Å²) >= 11 is 0. The molecule has 0 saturated carbocycles. The fourth-order valence-corrected chi connectivity index (χ4v) is 2.84. The number of carbonyl (C=O) groups is 2. The Morgan fingerprint density at radius 1 is 1.39 bits per heavy atom. The van der Waals surface area contributed by atoms with Gasteiger partial charge in [-0.25, -0.2) is 4.98 Å². The van der Waals surface area contributed by atoms with Gasteiger partial charge in [0.05, 0.1) is 12.9 Å². The van der Waals surface area contributed by atoms with Crippen molar-refractivity contribution >= 4 is 11.8 Å². The molecule has 0 radical (unpaired) electrons. The number of nitrogens with one attached hydrogen (secondary N) is 1. The lowest BCUT2D eigenvalue weighted by Gasteiger charge is -2.42. The molecule has 1 atom stereocenters. The zero-order chi connectivity index (χ0) is 17.1. The van der Waals surface area contributed by atoms with Crippen LogP contribution in [0.15, 0.2) is 18.7 Å². The number of hydrogen-bond acceptors (Lipinski definition) is 3.